The van der Waals surface area contributed by atoms with Crippen LogP contribution < -0.4 is 11.1 Å². The van der Waals surface area contributed by atoms with Crippen molar-refractivity contribution in [3.8, 4) is 11.4 Å². The minimum atomic E-state index is -0.251. The van der Waals surface area contributed by atoms with Crippen molar-refractivity contribution in [1.29, 1.82) is 0 Å². The van der Waals surface area contributed by atoms with E-state index >= 15 is 0 Å². The number of carbonyl (C=O) groups excluding carboxylic acids is 1. The van der Waals surface area contributed by atoms with Crippen molar-refractivity contribution in [1.82, 2.24) is 15.5 Å². The van der Waals surface area contributed by atoms with Crippen LogP contribution in [0.3, 0.4) is 0 Å². The largest absolute Gasteiger partial charge is 0.350 e. The lowest BCUT2D eigenvalue weighted by atomic mass is 9.99. The van der Waals surface area contributed by atoms with E-state index in [-0.39, 0.29) is 11.9 Å². The van der Waals surface area contributed by atoms with Crippen LogP contribution >= 0.6 is 0 Å². The number of carbonyl (C=O) groups is 1. The first-order valence-electron chi connectivity index (χ1n) is 8.55. The molecule has 1 heterocycles. The molecule has 0 aliphatic carbocycles. The molecular formula is C20H22N4O2. The molecule has 2 aromatic carbocycles. The molecule has 0 fully saturated rings. The van der Waals surface area contributed by atoms with Gasteiger partial charge in [0.15, 0.2) is 0 Å². The van der Waals surface area contributed by atoms with E-state index in [4.69, 9.17) is 10.3 Å². The molecule has 3 N–H and O–H groups in total. The van der Waals surface area contributed by atoms with Crippen molar-refractivity contribution < 1.29 is 9.32 Å². The summed E-state index contributed by atoms with van der Waals surface area (Å²) in [4.78, 5) is 16.3. The number of amides is 1. The number of aromatic nitrogens is 2. The number of nitrogens with zero attached hydrogens (tertiary/aromatic N) is 2. The molecule has 134 valence electrons. The summed E-state index contributed by atoms with van der Waals surface area (Å²) in [5.74, 6) is 0.804. The van der Waals surface area contributed by atoms with Gasteiger partial charge in [-0.2, -0.15) is 4.98 Å². The second-order valence-corrected chi connectivity index (χ2v) is 6.47. The van der Waals surface area contributed by atoms with E-state index in [1.54, 1.807) is 24.3 Å². The van der Waals surface area contributed by atoms with Gasteiger partial charge in [0.1, 0.15) is 0 Å². The Morgan fingerprint density at radius 2 is 1.73 bits per heavy atom. The molecule has 6 nitrogen and oxygen atoms in total. The Morgan fingerprint density at radius 3 is 2.31 bits per heavy atom. The highest BCUT2D eigenvalue weighted by atomic mass is 16.5. The highest BCUT2D eigenvalue weighted by molar-refractivity contribution is 5.94. The van der Waals surface area contributed by atoms with Gasteiger partial charge in [0.25, 0.3) is 5.91 Å². The van der Waals surface area contributed by atoms with Gasteiger partial charge in [-0.3, -0.25) is 4.79 Å². The third-order valence-electron chi connectivity index (χ3n) is 4.28. The van der Waals surface area contributed by atoms with E-state index < -0.39 is 0 Å². The number of benzene rings is 2. The van der Waals surface area contributed by atoms with E-state index in [9.17, 15) is 4.79 Å². The first kappa shape index (κ1) is 17.8. The van der Waals surface area contributed by atoms with E-state index in [0.29, 0.717) is 23.9 Å². The molecule has 0 aliphatic heterocycles. The van der Waals surface area contributed by atoms with Crippen molar-refractivity contribution in [3.05, 3.63) is 71.6 Å². The van der Waals surface area contributed by atoms with Gasteiger partial charge in [0.05, 0.1) is 0 Å². The van der Waals surface area contributed by atoms with Gasteiger partial charge in [0, 0.05) is 23.7 Å². The minimum absolute atomic E-state index is 0.168. The predicted molar refractivity (Wildman–Crippen MR) is 99.5 cm³/mol. The third kappa shape index (κ3) is 4.15. The van der Waals surface area contributed by atoms with Crippen LogP contribution in [0.4, 0.5) is 0 Å². The molecular weight excluding hydrogens is 328 g/mol. The highest BCUT2D eigenvalue weighted by Gasteiger charge is 2.11. The summed E-state index contributed by atoms with van der Waals surface area (Å²) < 4.78 is 4.72. The zero-order valence-corrected chi connectivity index (χ0v) is 14.8. The Balaban J connectivity index is 1.57. The minimum Gasteiger partial charge on any atom is -0.350 e. The van der Waals surface area contributed by atoms with Gasteiger partial charge in [0.2, 0.25) is 12.2 Å². The number of rotatable bonds is 6. The van der Waals surface area contributed by atoms with Gasteiger partial charge >= 0.3 is 0 Å². The van der Waals surface area contributed by atoms with E-state index in [1.807, 2.05) is 12.1 Å². The molecule has 1 unspecified atom stereocenters. The molecule has 1 aromatic heterocycles. The van der Waals surface area contributed by atoms with Gasteiger partial charge in [-0.1, -0.05) is 55.4 Å². The molecule has 26 heavy (non-hydrogen) atoms. The van der Waals surface area contributed by atoms with Crippen LogP contribution in [0, 0.1) is 0 Å². The van der Waals surface area contributed by atoms with Gasteiger partial charge < -0.3 is 15.6 Å². The smallest absolute Gasteiger partial charge is 0.251 e. The Bertz CT molecular complexity index is 841. The Labute approximate surface area is 152 Å². The zero-order chi connectivity index (χ0) is 18.5. The first-order chi connectivity index (χ1) is 12.5. The van der Waals surface area contributed by atoms with Crippen LogP contribution in [-0.4, -0.2) is 22.6 Å². The molecule has 0 aliphatic rings. The molecule has 0 radical (unpaired) electrons. The van der Waals surface area contributed by atoms with Gasteiger partial charge in [-0.05, 0) is 29.2 Å². The average molecular weight is 350 g/mol. The van der Waals surface area contributed by atoms with Crippen LogP contribution in [0.2, 0.25) is 0 Å². The standard InChI is InChI=1S/C20H22N4O2/c1-13(2)14-3-5-15(6-4-14)18(21)11-22-20(25)17-9-7-16(8-10-17)19-23-12-26-24-19/h3-10,12-13,18H,11,21H2,1-2H3,(H,22,25). The molecule has 3 rings (SSSR count). The highest BCUT2D eigenvalue weighted by Crippen LogP contribution is 2.18. The van der Waals surface area contributed by atoms with Crippen molar-refractivity contribution in [2.45, 2.75) is 25.8 Å². The summed E-state index contributed by atoms with van der Waals surface area (Å²) in [6.45, 7) is 4.67. The lowest BCUT2D eigenvalue weighted by Crippen LogP contribution is -2.31. The van der Waals surface area contributed by atoms with Crippen molar-refractivity contribution >= 4 is 5.91 Å². The third-order valence-corrected chi connectivity index (χ3v) is 4.28. The van der Waals surface area contributed by atoms with Crippen molar-refractivity contribution in [2.75, 3.05) is 6.54 Å². The van der Waals surface area contributed by atoms with E-state index in [2.05, 4.69) is 41.4 Å². The van der Waals surface area contributed by atoms with Crippen LogP contribution in [0.1, 0.15) is 47.3 Å². The lowest BCUT2D eigenvalue weighted by Gasteiger charge is -2.14. The SMILES string of the molecule is CC(C)c1ccc(C(N)CNC(=O)c2ccc(-c3ncon3)cc2)cc1. The van der Waals surface area contributed by atoms with Crippen LogP contribution in [0.25, 0.3) is 11.4 Å². The molecule has 0 spiro atoms. The maximum absolute atomic E-state index is 12.3. The fourth-order valence-electron chi connectivity index (χ4n) is 2.62. The lowest BCUT2D eigenvalue weighted by molar-refractivity contribution is 0.0951. The fraction of sp³-hybridized carbons (Fsp3) is 0.250. The number of hydrogen-bond donors (Lipinski definition) is 2. The predicted octanol–water partition coefficient (Wildman–Crippen LogP) is 3.29. The second-order valence-electron chi connectivity index (χ2n) is 6.47. The zero-order valence-electron chi connectivity index (χ0n) is 14.8. The molecule has 0 saturated heterocycles. The summed E-state index contributed by atoms with van der Waals surface area (Å²) in [5, 5.41) is 6.64. The number of hydrogen-bond acceptors (Lipinski definition) is 5. The van der Waals surface area contributed by atoms with E-state index in [0.717, 1.165) is 11.1 Å². The first-order valence-corrected chi connectivity index (χ1v) is 8.55. The molecule has 3 aromatic rings. The van der Waals surface area contributed by atoms with Gasteiger partial charge in [-0.25, -0.2) is 0 Å². The molecule has 0 saturated carbocycles. The number of nitrogens with two attached hydrogens (primary N) is 1. The Hall–Kier alpha value is -2.99. The van der Waals surface area contributed by atoms with Crippen LogP contribution in [-0.2, 0) is 0 Å². The Kier molecular flexibility index (Phi) is 5.43. The van der Waals surface area contributed by atoms with Crippen molar-refractivity contribution in [2.24, 2.45) is 5.73 Å². The van der Waals surface area contributed by atoms with E-state index in [1.165, 1.54) is 12.0 Å². The van der Waals surface area contributed by atoms with Crippen LogP contribution in [0.5, 0.6) is 0 Å². The number of nitrogens with one attached hydrogen (secondary N) is 1. The summed E-state index contributed by atoms with van der Waals surface area (Å²) in [6.07, 6.45) is 1.27. The maximum atomic E-state index is 12.3. The maximum Gasteiger partial charge on any atom is 0.251 e. The second kappa shape index (κ2) is 7.93. The quantitative estimate of drug-likeness (QED) is 0.711. The normalized spacial score (nSPS) is 12.2. The fourth-order valence-corrected chi connectivity index (χ4v) is 2.62. The van der Waals surface area contributed by atoms with Gasteiger partial charge in [-0.15, -0.1) is 0 Å². The summed E-state index contributed by atoms with van der Waals surface area (Å²) in [7, 11) is 0. The summed E-state index contributed by atoms with van der Waals surface area (Å²) in [6, 6.07) is 15.0. The summed E-state index contributed by atoms with van der Waals surface area (Å²) in [5.41, 5.74) is 9.81. The van der Waals surface area contributed by atoms with Crippen molar-refractivity contribution in [3.63, 3.8) is 0 Å². The Morgan fingerprint density at radius 1 is 1.08 bits per heavy atom. The molecule has 1 amide bonds. The molecule has 6 heteroatoms. The van der Waals surface area contributed by atoms with Crippen LogP contribution in [0.15, 0.2) is 59.4 Å². The topological polar surface area (TPSA) is 94.0 Å². The molecule has 0 bridgehead atoms. The molecule has 1 atom stereocenters. The monoisotopic (exact) mass is 350 g/mol. The summed E-state index contributed by atoms with van der Waals surface area (Å²) >= 11 is 0. The average Bonchev–Trinajstić information content (AvgIpc) is 3.21.